The summed E-state index contributed by atoms with van der Waals surface area (Å²) in [4.78, 5) is 15.0. The lowest BCUT2D eigenvalue weighted by molar-refractivity contribution is 0.248. The Morgan fingerprint density at radius 3 is 2.29 bits per heavy atom. The number of aromatic nitrogens is 2. The predicted octanol–water partition coefficient (Wildman–Crippen LogP) is 5.65. The monoisotopic (exact) mass is 517 g/mol. The molecule has 1 saturated heterocycles. The maximum Gasteiger partial charge on any atom is 0.320 e. The Morgan fingerprint density at radius 2 is 1.63 bits per heavy atom. The SMILES string of the molecule is CCOc1nn(-c2ccccc2)c(NC(=O)N[C@@H]2CN(c3c(F)cccc3F)C[C@H]2c2ccccc2)c1C. The van der Waals surface area contributed by atoms with E-state index in [9.17, 15) is 13.6 Å². The predicted molar refractivity (Wildman–Crippen MR) is 143 cm³/mol. The number of benzene rings is 3. The molecule has 0 aliphatic carbocycles. The second kappa shape index (κ2) is 10.9. The molecule has 1 aliphatic heterocycles. The summed E-state index contributed by atoms with van der Waals surface area (Å²) in [6.07, 6.45) is 0. The number of ether oxygens (including phenoxy) is 1. The molecule has 2 heterocycles. The summed E-state index contributed by atoms with van der Waals surface area (Å²) in [5.74, 6) is -0.542. The van der Waals surface area contributed by atoms with Crippen LogP contribution in [-0.2, 0) is 0 Å². The molecule has 2 N–H and O–H groups in total. The Kier molecular flexibility index (Phi) is 7.26. The number of anilines is 2. The van der Waals surface area contributed by atoms with Crippen LogP contribution in [0.25, 0.3) is 5.69 Å². The highest BCUT2D eigenvalue weighted by molar-refractivity contribution is 5.90. The molecule has 0 spiro atoms. The Morgan fingerprint density at radius 1 is 0.974 bits per heavy atom. The van der Waals surface area contributed by atoms with Gasteiger partial charge in [0.1, 0.15) is 23.1 Å². The third-order valence-electron chi connectivity index (χ3n) is 6.71. The molecule has 7 nitrogen and oxygen atoms in total. The molecule has 0 radical (unpaired) electrons. The van der Waals surface area contributed by atoms with Gasteiger partial charge in [-0.3, -0.25) is 5.32 Å². The van der Waals surface area contributed by atoms with Gasteiger partial charge in [-0.05, 0) is 43.7 Å². The summed E-state index contributed by atoms with van der Waals surface area (Å²) in [5.41, 5.74) is 2.34. The van der Waals surface area contributed by atoms with Gasteiger partial charge < -0.3 is 15.0 Å². The van der Waals surface area contributed by atoms with Gasteiger partial charge in [0.15, 0.2) is 0 Å². The van der Waals surface area contributed by atoms with Crippen LogP contribution in [0.5, 0.6) is 5.88 Å². The summed E-state index contributed by atoms with van der Waals surface area (Å²) in [6, 6.07) is 22.1. The zero-order valence-corrected chi connectivity index (χ0v) is 21.2. The molecular formula is C29H29F2N5O2. The average Bonchev–Trinajstić information content (AvgIpc) is 3.46. The molecule has 2 atom stereocenters. The molecule has 1 fully saturated rings. The van der Waals surface area contributed by atoms with Crippen molar-refractivity contribution in [1.82, 2.24) is 15.1 Å². The van der Waals surface area contributed by atoms with Crippen molar-refractivity contribution in [1.29, 1.82) is 0 Å². The Balaban J connectivity index is 1.42. The van der Waals surface area contributed by atoms with E-state index in [4.69, 9.17) is 4.74 Å². The molecule has 1 aliphatic rings. The van der Waals surface area contributed by atoms with E-state index in [-0.39, 0.29) is 18.2 Å². The fourth-order valence-corrected chi connectivity index (χ4v) is 4.93. The van der Waals surface area contributed by atoms with Crippen LogP contribution in [0.1, 0.15) is 24.0 Å². The van der Waals surface area contributed by atoms with E-state index >= 15 is 0 Å². The Labute approximate surface area is 220 Å². The fraction of sp³-hybridized carbons (Fsp3) is 0.241. The summed E-state index contributed by atoms with van der Waals surface area (Å²) in [5, 5.41) is 10.5. The van der Waals surface area contributed by atoms with E-state index in [2.05, 4.69) is 15.7 Å². The number of hydrogen-bond acceptors (Lipinski definition) is 4. The van der Waals surface area contributed by atoms with E-state index in [1.54, 1.807) is 9.58 Å². The van der Waals surface area contributed by atoms with Crippen LogP contribution in [0, 0.1) is 18.6 Å². The molecular weight excluding hydrogens is 488 g/mol. The third kappa shape index (κ3) is 5.04. The van der Waals surface area contributed by atoms with Crippen LogP contribution in [0.2, 0.25) is 0 Å². The molecule has 4 aromatic rings. The van der Waals surface area contributed by atoms with E-state index in [1.165, 1.54) is 18.2 Å². The summed E-state index contributed by atoms with van der Waals surface area (Å²) in [7, 11) is 0. The minimum Gasteiger partial charge on any atom is -0.477 e. The van der Waals surface area contributed by atoms with Gasteiger partial charge in [0.25, 0.3) is 0 Å². The first-order chi connectivity index (χ1) is 18.5. The average molecular weight is 518 g/mol. The first kappa shape index (κ1) is 25.3. The first-order valence-electron chi connectivity index (χ1n) is 12.6. The van der Waals surface area contributed by atoms with Crippen molar-refractivity contribution in [3.05, 3.63) is 102 Å². The lowest BCUT2D eigenvalue weighted by atomic mass is 9.94. The van der Waals surface area contributed by atoms with Crippen LogP contribution in [-0.4, -0.2) is 41.5 Å². The fourth-order valence-electron chi connectivity index (χ4n) is 4.93. The van der Waals surface area contributed by atoms with Crippen LogP contribution in [0.3, 0.4) is 0 Å². The molecule has 0 saturated carbocycles. The molecule has 38 heavy (non-hydrogen) atoms. The number of urea groups is 1. The number of amides is 2. The summed E-state index contributed by atoms with van der Waals surface area (Å²) in [6.45, 7) is 4.72. The molecule has 0 bridgehead atoms. The van der Waals surface area contributed by atoms with E-state index in [0.29, 0.717) is 30.4 Å². The zero-order valence-electron chi connectivity index (χ0n) is 21.2. The van der Waals surface area contributed by atoms with Crippen molar-refractivity contribution in [2.24, 2.45) is 0 Å². The van der Waals surface area contributed by atoms with Crippen molar-refractivity contribution in [2.75, 3.05) is 29.9 Å². The van der Waals surface area contributed by atoms with Crippen molar-refractivity contribution >= 4 is 17.5 Å². The maximum absolute atomic E-state index is 14.6. The number of nitrogens with zero attached hydrogens (tertiary/aromatic N) is 3. The van der Waals surface area contributed by atoms with Gasteiger partial charge in [-0.15, -0.1) is 5.10 Å². The smallest absolute Gasteiger partial charge is 0.320 e. The lowest BCUT2D eigenvalue weighted by Crippen LogP contribution is -2.42. The number of rotatable bonds is 7. The first-order valence-corrected chi connectivity index (χ1v) is 12.6. The molecule has 196 valence electrons. The van der Waals surface area contributed by atoms with Crippen molar-refractivity contribution in [2.45, 2.75) is 25.8 Å². The second-order valence-electron chi connectivity index (χ2n) is 9.16. The highest BCUT2D eigenvalue weighted by Crippen LogP contribution is 2.34. The minimum atomic E-state index is -0.632. The standard InChI is InChI=1S/C29H29F2N5O2/c1-3-38-28-19(2)27(36(34-28)21-13-8-5-9-14-21)33-29(37)32-25-18-35(26-23(30)15-10-16-24(26)31)17-22(25)20-11-6-4-7-12-20/h4-16,22,25H,3,17-18H2,1-2H3,(H2,32,33,37)/t22-,25+/m0/s1. The van der Waals surface area contributed by atoms with Crippen molar-refractivity contribution < 1.29 is 18.3 Å². The number of carbonyl (C=O) groups excluding carboxylic acids is 1. The van der Waals surface area contributed by atoms with E-state index in [0.717, 1.165) is 11.3 Å². The molecule has 1 aromatic heterocycles. The molecule has 9 heteroatoms. The van der Waals surface area contributed by atoms with Crippen LogP contribution in [0.15, 0.2) is 78.9 Å². The molecule has 3 aromatic carbocycles. The van der Waals surface area contributed by atoms with Gasteiger partial charge in [0.2, 0.25) is 5.88 Å². The van der Waals surface area contributed by atoms with Gasteiger partial charge in [-0.1, -0.05) is 54.6 Å². The molecule has 0 unspecified atom stereocenters. The maximum atomic E-state index is 14.6. The Bertz CT molecular complexity index is 1390. The number of nitrogens with one attached hydrogen (secondary N) is 2. The molecule has 5 rings (SSSR count). The highest BCUT2D eigenvalue weighted by Gasteiger charge is 2.37. The van der Waals surface area contributed by atoms with Crippen LogP contribution >= 0.6 is 0 Å². The number of para-hydroxylation sites is 2. The second-order valence-corrected chi connectivity index (χ2v) is 9.16. The number of hydrogen-bond donors (Lipinski definition) is 2. The van der Waals surface area contributed by atoms with Crippen molar-refractivity contribution in [3.63, 3.8) is 0 Å². The quantitative estimate of drug-likeness (QED) is 0.332. The third-order valence-corrected chi connectivity index (χ3v) is 6.71. The highest BCUT2D eigenvalue weighted by atomic mass is 19.1. The number of carbonyl (C=O) groups is 1. The van der Waals surface area contributed by atoms with E-state index in [1.807, 2.05) is 74.5 Å². The normalized spacial score (nSPS) is 16.9. The number of halogens is 2. The summed E-state index contributed by atoms with van der Waals surface area (Å²) < 4.78 is 36.5. The summed E-state index contributed by atoms with van der Waals surface area (Å²) >= 11 is 0. The zero-order chi connectivity index (χ0) is 26.6. The van der Waals surface area contributed by atoms with Gasteiger partial charge in [-0.25, -0.2) is 18.3 Å². The minimum absolute atomic E-state index is 0.0857. The van der Waals surface area contributed by atoms with Gasteiger partial charge >= 0.3 is 6.03 Å². The van der Waals surface area contributed by atoms with Crippen molar-refractivity contribution in [3.8, 4) is 11.6 Å². The lowest BCUT2D eigenvalue weighted by Gasteiger charge is -2.21. The largest absolute Gasteiger partial charge is 0.477 e. The molecule has 2 amide bonds. The van der Waals surface area contributed by atoms with Crippen LogP contribution in [0.4, 0.5) is 25.1 Å². The van der Waals surface area contributed by atoms with E-state index < -0.39 is 23.7 Å². The Hall–Kier alpha value is -4.40. The van der Waals surface area contributed by atoms with Gasteiger partial charge in [0, 0.05) is 19.0 Å². The topological polar surface area (TPSA) is 71.4 Å². The van der Waals surface area contributed by atoms with Gasteiger partial charge in [-0.2, -0.15) is 0 Å². The van der Waals surface area contributed by atoms with Gasteiger partial charge in [0.05, 0.1) is 23.9 Å². The van der Waals surface area contributed by atoms with Crippen LogP contribution < -0.4 is 20.3 Å².